The van der Waals surface area contributed by atoms with Gasteiger partial charge in [-0.05, 0) is 85.5 Å². The van der Waals surface area contributed by atoms with Gasteiger partial charge in [0.15, 0.2) is 6.10 Å². The Bertz CT molecular complexity index is 918. The zero-order valence-electron chi connectivity index (χ0n) is 29.9. The molecule has 0 aromatic rings. The third kappa shape index (κ3) is 15.4. The number of esters is 3. The smallest absolute Gasteiger partial charge is 0.351 e. The maximum atomic E-state index is 13.7. The van der Waals surface area contributed by atoms with Gasteiger partial charge in [-0.25, -0.2) is 4.79 Å². The van der Waals surface area contributed by atoms with Crippen molar-refractivity contribution in [1.82, 2.24) is 5.32 Å². The minimum Gasteiger partial charge on any atom is -0.460 e. The van der Waals surface area contributed by atoms with E-state index in [1.807, 2.05) is 69.2 Å². The zero-order valence-corrected chi connectivity index (χ0v) is 29.9. The lowest BCUT2D eigenvalue weighted by Crippen LogP contribution is -2.48. The topological polar surface area (TPSA) is 117 Å². The standard InChI is InChI=1S/C34H63NO8/c1-16-20-35-25(36)18-17-24(42-29(39)34(14,15)31(6,7)8)26(43-28(38)33(12,13)22-30(3,4)5)27(37)41-23(2)19-21-40-32(9,10)11/h23-24,26H,16-22H2,1-15H3,(H,35,36). The van der Waals surface area contributed by atoms with Crippen molar-refractivity contribution < 1.29 is 38.1 Å². The molecule has 0 spiro atoms. The quantitative estimate of drug-likeness (QED) is 0.149. The van der Waals surface area contributed by atoms with Crippen molar-refractivity contribution in [2.24, 2.45) is 21.7 Å². The molecule has 252 valence electrons. The minimum atomic E-state index is -1.56. The first kappa shape index (κ1) is 40.8. The fourth-order valence-electron chi connectivity index (χ4n) is 4.29. The van der Waals surface area contributed by atoms with E-state index in [0.29, 0.717) is 26.0 Å². The molecule has 0 saturated heterocycles. The average molecular weight is 614 g/mol. The Hall–Kier alpha value is -2.16. The molecule has 0 saturated carbocycles. The molecule has 0 heterocycles. The maximum absolute atomic E-state index is 13.7. The van der Waals surface area contributed by atoms with E-state index in [0.717, 1.165) is 6.42 Å². The van der Waals surface area contributed by atoms with Gasteiger partial charge in [0.25, 0.3) is 0 Å². The van der Waals surface area contributed by atoms with Crippen molar-refractivity contribution >= 4 is 23.8 Å². The Morgan fingerprint density at radius 3 is 1.77 bits per heavy atom. The minimum absolute atomic E-state index is 0.0320. The van der Waals surface area contributed by atoms with Gasteiger partial charge in [0.1, 0.15) is 6.10 Å². The van der Waals surface area contributed by atoms with E-state index >= 15 is 0 Å². The highest BCUT2D eigenvalue weighted by Crippen LogP contribution is 2.40. The third-order valence-electron chi connectivity index (χ3n) is 7.58. The Morgan fingerprint density at radius 1 is 0.744 bits per heavy atom. The first-order valence-electron chi connectivity index (χ1n) is 15.8. The van der Waals surface area contributed by atoms with E-state index in [1.54, 1.807) is 34.6 Å². The highest BCUT2D eigenvalue weighted by molar-refractivity contribution is 5.84. The third-order valence-corrected chi connectivity index (χ3v) is 7.58. The van der Waals surface area contributed by atoms with E-state index in [-0.39, 0.29) is 29.8 Å². The van der Waals surface area contributed by atoms with Crippen molar-refractivity contribution in [3.8, 4) is 0 Å². The summed E-state index contributed by atoms with van der Waals surface area (Å²) in [4.78, 5) is 53.4. The second-order valence-electron chi connectivity index (χ2n) is 16.2. The molecule has 9 nitrogen and oxygen atoms in total. The number of rotatable bonds is 16. The normalized spacial score (nSPS) is 15.2. The van der Waals surface area contributed by atoms with Crippen LogP contribution >= 0.6 is 0 Å². The van der Waals surface area contributed by atoms with Crippen molar-refractivity contribution in [3.63, 3.8) is 0 Å². The molecular weight excluding hydrogens is 550 g/mol. The Morgan fingerprint density at radius 2 is 1.30 bits per heavy atom. The fourth-order valence-corrected chi connectivity index (χ4v) is 4.29. The lowest BCUT2D eigenvalue weighted by atomic mass is 9.69. The Kier molecular flexibility index (Phi) is 15.4. The fraction of sp³-hybridized carbons (Fsp3) is 0.882. The van der Waals surface area contributed by atoms with E-state index in [9.17, 15) is 19.2 Å². The predicted molar refractivity (Wildman–Crippen MR) is 169 cm³/mol. The molecule has 43 heavy (non-hydrogen) atoms. The van der Waals surface area contributed by atoms with Gasteiger partial charge in [-0.3, -0.25) is 14.4 Å². The van der Waals surface area contributed by atoms with Gasteiger partial charge in [0.05, 0.1) is 23.0 Å². The molecule has 0 aromatic heterocycles. The number of carbonyl (C=O) groups excluding carboxylic acids is 4. The second kappa shape index (κ2) is 16.2. The van der Waals surface area contributed by atoms with Crippen molar-refractivity contribution in [1.29, 1.82) is 0 Å². The molecule has 0 bridgehead atoms. The van der Waals surface area contributed by atoms with Crippen LogP contribution in [0.1, 0.15) is 136 Å². The highest BCUT2D eigenvalue weighted by atomic mass is 16.6. The lowest BCUT2D eigenvalue weighted by molar-refractivity contribution is -0.195. The maximum Gasteiger partial charge on any atom is 0.351 e. The largest absolute Gasteiger partial charge is 0.460 e. The molecular formula is C34H63NO8. The van der Waals surface area contributed by atoms with Crippen molar-refractivity contribution in [2.75, 3.05) is 13.2 Å². The number of ether oxygens (including phenoxy) is 4. The highest BCUT2D eigenvalue weighted by Gasteiger charge is 2.46. The van der Waals surface area contributed by atoms with Crippen molar-refractivity contribution in [2.45, 2.75) is 160 Å². The van der Waals surface area contributed by atoms with Crippen LogP contribution in [0.2, 0.25) is 0 Å². The monoisotopic (exact) mass is 613 g/mol. The molecule has 0 fully saturated rings. The molecule has 1 amide bonds. The zero-order chi connectivity index (χ0) is 34.0. The van der Waals surface area contributed by atoms with Crippen LogP contribution in [-0.4, -0.2) is 60.9 Å². The summed E-state index contributed by atoms with van der Waals surface area (Å²) in [6, 6.07) is 0. The Labute approximate surface area is 261 Å². The van der Waals surface area contributed by atoms with Gasteiger partial charge in [0.2, 0.25) is 12.0 Å². The lowest BCUT2D eigenvalue weighted by Gasteiger charge is -2.38. The van der Waals surface area contributed by atoms with Gasteiger partial charge in [-0.15, -0.1) is 0 Å². The van der Waals surface area contributed by atoms with Crippen LogP contribution in [0.15, 0.2) is 0 Å². The summed E-state index contributed by atoms with van der Waals surface area (Å²) in [5, 5.41) is 2.80. The number of hydrogen-bond acceptors (Lipinski definition) is 8. The number of hydrogen-bond donors (Lipinski definition) is 1. The van der Waals surface area contributed by atoms with E-state index in [4.69, 9.17) is 18.9 Å². The van der Waals surface area contributed by atoms with Crippen LogP contribution in [0.4, 0.5) is 0 Å². The van der Waals surface area contributed by atoms with Gasteiger partial charge in [-0.1, -0.05) is 48.5 Å². The van der Waals surface area contributed by atoms with Gasteiger partial charge in [0, 0.05) is 19.4 Å². The molecule has 0 rings (SSSR count). The summed E-state index contributed by atoms with van der Waals surface area (Å²) < 4.78 is 23.4. The Balaban J connectivity index is 6.44. The van der Waals surface area contributed by atoms with E-state index < -0.39 is 52.5 Å². The molecule has 1 N–H and O–H groups in total. The van der Waals surface area contributed by atoms with Crippen LogP contribution in [0, 0.1) is 21.7 Å². The number of carbonyl (C=O) groups is 4. The second-order valence-corrected chi connectivity index (χ2v) is 16.2. The molecule has 0 aliphatic rings. The van der Waals surface area contributed by atoms with Gasteiger partial charge in [-0.2, -0.15) is 0 Å². The summed E-state index contributed by atoms with van der Waals surface area (Å²) in [7, 11) is 0. The first-order valence-corrected chi connectivity index (χ1v) is 15.8. The molecule has 0 aromatic carbocycles. The van der Waals surface area contributed by atoms with Crippen LogP contribution < -0.4 is 5.32 Å². The summed E-state index contributed by atoms with van der Waals surface area (Å²) in [6.07, 6.45) is -1.75. The van der Waals surface area contributed by atoms with Crippen LogP contribution in [0.25, 0.3) is 0 Å². The molecule has 0 radical (unpaired) electrons. The van der Waals surface area contributed by atoms with Gasteiger partial charge >= 0.3 is 17.9 Å². The average Bonchev–Trinajstić information content (AvgIpc) is 2.80. The first-order chi connectivity index (χ1) is 19.2. The summed E-state index contributed by atoms with van der Waals surface area (Å²) >= 11 is 0. The molecule has 0 aliphatic heterocycles. The van der Waals surface area contributed by atoms with Crippen LogP contribution in [0.3, 0.4) is 0 Å². The van der Waals surface area contributed by atoms with Gasteiger partial charge < -0.3 is 24.3 Å². The number of nitrogens with one attached hydrogen (secondary N) is 1. The van der Waals surface area contributed by atoms with E-state index in [2.05, 4.69) is 5.32 Å². The van der Waals surface area contributed by atoms with Crippen LogP contribution in [0.5, 0.6) is 0 Å². The molecule has 3 atom stereocenters. The number of amides is 1. The summed E-state index contributed by atoms with van der Waals surface area (Å²) in [6.45, 7) is 29.2. The molecule has 0 aliphatic carbocycles. The predicted octanol–water partition coefficient (Wildman–Crippen LogP) is 6.79. The molecule has 3 unspecified atom stereocenters. The van der Waals surface area contributed by atoms with E-state index in [1.165, 1.54) is 0 Å². The molecule has 9 heteroatoms. The van der Waals surface area contributed by atoms with Crippen LogP contribution in [-0.2, 0) is 38.1 Å². The summed E-state index contributed by atoms with van der Waals surface area (Å²) in [5.41, 5.74) is -2.91. The summed E-state index contributed by atoms with van der Waals surface area (Å²) in [5.74, 6) is -2.26. The SMILES string of the molecule is CCCNC(=O)CCC(OC(=O)C(C)(C)C(C)(C)C)C(OC(=O)C(C)(C)CC(C)(C)C)C(=O)OC(C)CCOC(C)(C)C. The van der Waals surface area contributed by atoms with Crippen molar-refractivity contribution in [3.05, 3.63) is 0 Å².